The van der Waals surface area contributed by atoms with Gasteiger partial charge < -0.3 is 10.1 Å². The Kier molecular flexibility index (Phi) is 5.26. The molecule has 2 heteroatoms. The minimum Gasteiger partial charge on any atom is -0.496 e. The first-order chi connectivity index (χ1) is 9.26. The molecule has 0 aliphatic heterocycles. The Hall–Kier alpha value is -1.02. The van der Waals surface area contributed by atoms with Crippen LogP contribution >= 0.6 is 0 Å². The summed E-state index contributed by atoms with van der Waals surface area (Å²) in [5.41, 5.74) is 1.27. The lowest BCUT2D eigenvalue weighted by molar-refractivity contribution is 0.239. The van der Waals surface area contributed by atoms with Crippen molar-refractivity contribution >= 4 is 0 Å². The van der Waals surface area contributed by atoms with Crippen LogP contribution in [0.4, 0.5) is 0 Å². The molecular formula is C17H27NO. The smallest absolute Gasteiger partial charge is 0.123 e. The van der Waals surface area contributed by atoms with Crippen LogP contribution in [-0.4, -0.2) is 13.2 Å². The molecule has 0 saturated heterocycles. The van der Waals surface area contributed by atoms with Crippen LogP contribution in [0.2, 0.25) is 0 Å². The average molecular weight is 261 g/mol. The van der Waals surface area contributed by atoms with Crippen LogP contribution in [-0.2, 0) is 0 Å². The zero-order valence-corrected chi connectivity index (χ0v) is 12.5. The molecule has 1 aromatic carbocycles. The van der Waals surface area contributed by atoms with Gasteiger partial charge >= 0.3 is 0 Å². The van der Waals surface area contributed by atoms with Crippen molar-refractivity contribution in [3.8, 4) is 5.75 Å². The fraction of sp³-hybridized carbons (Fsp3) is 0.647. The summed E-state index contributed by atoms with van der Waals surface area (Å²) in [5.74, 6) is 1.83. The summed E-state index contributed by atoms with van der Waals surface area (Å²) >= 11 is 0. The summed E-state index contributed by atoms with van der Waals surface area (Å²) in [6, 6.07) is 9.36. The maximum Gasteiger partial charge on any atom is 0.123 e. The minimum absolute atomic E-state index is 0.355. The quantitative estimate of drug-likeness (QED) is 0.852. The summed E-state index contributed by atoms with van der Waals surface area (Å²) in [6.07, 6.45) is 6.76. The Morgan fingerprint density at radius 3 is 2.74 bits per heavy atom. The van der Waals surface area contributed by atoms with Crippen molar-refractivity contribution in [3.05, 3.63) is 29.8 Å². The van der Waals surface area contributed by atoms with E-state index in [1.54, 1.807) is 7.11 Å². The van der Waals surface area contributed by atoms with Gasteiger partial charge in [-0.05, 0) is 31.7 Å². The number of hydrogen-bond acceptors (Lipinski definition) is 2. The van der Waals surface area contributed by atoms with Gasteiger partial charge in [0, 0.05) is 17.6 Å². The van der Waals surface area contributed by atoms with E-state index in [-0.39, 0.29) is 0 Å². The van der Waals surface area contributed by atoms with Crippen molar-refractivity contribution in [2.75, 3.05) is 7.11 Å². The van der Waals surface area contributed by atoms with Gasteiger partial charge in [0.1, 0.15) is 5.75 Å². The summed E-state index contributed by atoms with van der Waals surface area (Å²) < 4.78 is 5.47. The van der Waals surface area contributed by atoms with Crippen LogP contribution in [0.3, 0.4) is 0 Å². The van der Waals surface area contributed by atoms with Gasteiger partial charge in [0.25, 0.3) is 0 Å². The summed E-state index contributed by atoms with van der Waals surface area (Å²) in [6.45, 7) is 4.57. The average Bonchev–Trinajstić information content (AvgIpc) is 2.47. The van der Waals surface area contributed by atoms with Crippen molar-refractivity contribution < 1.29 is 4.74 Å². The number of nitrogens with one attached hydrogen (secondary N) is 1. The molecule has 0 bridgehead atoms. The van der Waals surface area contributed by atoms with Crippen molar-refractivity contribution in [1.29, 1.82) is 0 Å². The molecule has 1 saturated carbocycles. The summed E-state index contributed by atoms with van der Waals surface area (Å²) in [5, 5.41) is 3.83. The largest absolute Gasteiger partial charge is 0.496 e. The van der Waals surface area contributed by atoms with Crippen LogP contribution in [0, 0.1) is 5.92 Å². The highest BCUT2D eigenvalue weighted by Crippen LogP contribution is 2.30. The maximum absolute atomic E-state index is 5.47. The van der Waals surface area contributed by atoms with Crippen LogP contribution in [0.5, 0.6) is 5.75 Å². The molecule has 2 unspecified atom stereocenters. The van der Waals surface area contributed by atoms with Crippen LogP contribution in [0.15, 0.2) is 24.3 Å². The van der Waals surface area contributed by atoms with Gasteiger partial charge in [0.15, 0.2) is 0 Å². The number of para-hydroxylation sites is 1. The Morgan fingerprint density at radius 1 is 1.26 bits per heavy atom. The van der Waals surface area contributed by atoms with Gasteiger partial charge in [-0.15, -0.1) is 0 Å². The standard InChI is InChI=1S/C17H27NO/c1-4-14-9-5-7-11-16(14)18-13(2)15-10-6-8-12-17(15)19-3/h6,8,10,12-14,16,18H,4-5,7,9,11H2,1-3H3/t13-,14?,16?/m0/s1. The van der Waals surface area contributed by atoms with Gasteiger partial charge in [-0.3, -0.25) is 0 Å². The molecule has 1 N–H and O–H groups in total. The molecule has 0 aromatic heterocycles. The van der Waals surface area contributed by atoms with E-state index < -0.39 is 0 Å². The van der Waals surface area contributed by atoms with E-state index >= 15 is 0 Å². The predicted molar refractivity (Wildman–Crippen MR) is 80.6 cm³/mol. The molecule has 106 valence electrons. The highest BCUT2D eigenvalue weighted by Gasteiger charge is 2.25. The molecule has 0 spiro atoms. The molecule has 0 amide bonds. The van der Waals surface area contributed by atoms with Crippen molar-refractivity contribution in [2.24, 2.45) is 5.92 Å². The molecule has 1 aromatic rings. The van der Waals surface area contributed by atoms with Gasteiger partial charge in [-0.25, -0.2) is 0 Å². The molecule has 0 radical (unpaired) electrons. The number of ether oxygens (including phenoxy) is 1. The van der Waals surface area contributed by atoms with Gasteiger partial charge in [-0.1, -0.05) is 44.4 Å². The van der Waals surface area contributed by atoms with E-state index in [9.17, 15) is 0 Å². The third-order valence-electron chi connectivity index (χ3n) is 4.50. The van der Waals surface area contributed by atoms with Crippen molar-refractivity contribution in [3.63, 3.8) is 0 Å². The molecular weight excluding hydrogens is 234 g/mol. The zero-order chi connectivity index (χ0) is 13.7. The number of methoxy groups -OCH3 is 1. The Labute approximate surface area is 117 Å². The van der Waals surface area contributed by atoms with E-state index in [1.807, 2.05) is 12.1 Å². The molecule has 3 atom stereocenters. The van der Waals surface area contributed by atoms with E-state index in [1.165, 1.54) is 37.7 Å². The first-order valence-corrected chi connectivity index (χ1v) is 7.65. The third kappa shape index (κ3) is 3.50. The zero-order valence-electron chi connectivity index (χ0n) is 12.5. The normalized spacial score (nSPS) is 25.0. The Bertz CT molecular complexity index is 391. The van der Waals surface area contributed by atoms with E-state index in [0.717, 1.165) is 11.7 Å². The highest BCUT2D eigenvalue weighted by molar-refractivity contribution is 5.35. The third-order valence-corrected chi connectivity index (χ3v) is 4.50. The highest BCUT2D eigenvalue weighted by atomic mass is 16.5. The molecule has 19 heavy (non-hydrogen) atoms. The van der Waals surface area contributed by atoms with E-state index in [0.29, 0.717) is 12.1 Å². The molecule has 0 heterocycles. The van der Waals surface area contributed by atoms with E-state index in [2.05, 4.69) is 31.3 Å². The number of hydrogen-bond donors (Lipinski definition) is 1. The first-order valence-electron chi connectivity index (χ1n) is 7.65. The summed E-state index contributed by atoms with van der Waals surface area (Å²) in [4.78, 5) is 0. The predicted octanol–water partition coefficient (Wildman–Crippen LogP) is 4.31. The number of rotatable bonds is 5. The lowest BCUT2D eigenvalue weighted by Gasteiger charge is -2.34. The first kappa shape index (κ1) is 14.4. The molecule has 1 aliphatic rings. The Morgan fingerprint density at radius 2 is 2.00 bits per heavy atom. The maximum atomic E-state index is 5.47. The fourth-order valence-electron chi connectivity index (χ4n) is 3.35. The van der Waals surface area contributed by atoms with E-state index in [4.69, 9.17) is 4.74 Å². The number of benzene rings is 1. The molecule has 2 nitrogen and oxygen atoms in total. The van der Waals surface area contributed by atoms with Gasteiger partial charge in [0.05, 0.1) is 7.11 Å². The molecule has 1 aliphatic carbocycles. The lowest BCUT2D eigenvalue weighted by Crippen LogP contribution is -2.39. The van der Waals surface area contributed by atoms with Gasteiger partial charge in [-0.2, -0.15) is 0 Å². The van der Waals surface area contributed by atoms with Gasteiger partial charge in [0.2, 0.25) is 0 Å². The SMILES string of the molecule is CCC1CCCCC1N[C@@H](C)c1ccccc1OC. The topological polar surface area (TPSA) is 21.3 Å². The second kappa shape index (κ2) is 6.95. The lowest BCUT2D eigenvalue weighted by atomic mass is 9.82. The van der Waals surface area contributed by atoms with Crippen LogP contribution in [0.1, 0.15) is 57.6 Å². The fourth-order valence-corrected chi connectivity index (χ4v) is 3.35. The second-order valence-electron chi connectivity index (χ2n) is 5.69. The second-order valence-corrected chi connectivity index (χ2v) is 5.69. The Balaban J connectivity index is 2.05. The molecule has 1 fully saturated rings. The van der Waals surface area contributed by atoms with Crippen molar-refractivity contribution in [2.45, 2.75) is 58.0 Å². The minimum atomic E-state index is 0.355. The van der Waals surface area contributed by atoms with Crippen molar-refractivity contribution in [1.82, 2.24) is 5.32 Å². The monoisotopic (exact) mass is 261 g/mol. The summed E-state index contributed by atoms with van der Waals surface area (Å²) in [7, 11) is 1.75. The molecule has 2 rings (SSSR count). The van der Waals surface area contributed by atoms with Crippen LogP contribution in [0.25, 0.3) is 0 Å². The van der Waals surface area contributed by atoms with Crippen LogP contribution < -0.4 is 10.1 Å².